The van der Waals surface area contributed by atoms with E-state index >= 15 is 0 Å². The average Bonchev–Trinajstić information content (AvgIpc) is 2.48. The van der Waals surface area contributed by atoms with Crippen molar-refractivity contribution in [3.8, 4) is 0 Å². The molecular formula is C6H4N2O3S. The predicted molar refractivity (Wildman–Crippen MR) is 43.9 cm³/mol. The largest absolute Gasteiger partial charge is 0.421 e. The number of nitrogens with one attached hydrogen (secondary N) is 1. The van der Waals surface area contributed by atoms with E-state index in [-0.39, 0.29) is 4.73 Å². The molecule has 6 heteroatoms. The summed E-state index contributed by atoms with van der Waals surface area (Å²) in [5.74, 6) is 0. The van der Waals surface area contributed by atoms with Gasteiger partial charge in [0.1, 0.15) is 4.70 Å². The van der Waals surface area contributed by atoms with Crippen molar-refractivity contribution in [2.45, 2.75) is 0 Å². The summed E-state index contributed by atoms with van der Waals surface area (Å²) in [6, 6.07) is 1.61. The number of rotatable bonds is 0. The number of fused-ring (bicyclic) bond motifs is 1. The molecule has 12 heavy (non-hydrogen) atoms. The number of hydrogen-bond donors (Lipinski definition) is 2. The van der Waals surface area contributed by atoms with Crippen LogP contribution in [0.2, 0.25) is 0 Å². The lowest BCUT2D eigenvalue weighted by Gasteiger charge is -1.92. The summed E-state index contributed by atoms with van der Waals surface area (Å²) in [4.78, 5) is 24.3. The molecule has 0 radical (unpaired) electrons. The molecule has 0 saturated heterocycles. The van der Waals surface area contributed by atoms with Gasteiger partial charge < -0.3 is 10.2 Å². The molecule has 5 nitrogen and oxygen atoms in total. The Morgan fingerprint density at radius 1 is 1.50 bits per heavy atom. The first kappa shape index (κ1) is 7.11. The molecule has 0 aromatic carbocycles. The summed E-state index contributed by atoms with van der Waals surface area (Å²) >= 11 is 1.17. The lowest BCUT2D eigenvalue weighted by atomic mass is 10.5. The first-order valence-electron chi connectivity index (χ1n) is 3.12. The number of aromatic nitrogens is 2. The van der Waals surface area contributed by atoms with Crippen LogP contribution in [0.4, 0.5) is 0 Å². The fourth-order valence-electron chi connectivity index (χ4n) is 0.930. The molecule has 0 aliphatic heterocycles. The maximum atomic E-state index is 11.1. The van der Waals surface area contributed by atoms with Crippen molar-refractivity contribution in [1.82, 2.24) is 9.71 Å². The van der Waals surface area contributed by atoms with E-state index < -0.39 is 11.2 Å². The fourth-order valence-corrected chi connectivity index (χ4v) is 1.70. The van der Waals surface area contributed by atoms with Crippen LogP contribution < -0.4 is 11.2 Å². The zero-order chi connectivity index (χ0) is 8.72. The third kappa shape index (κ3) is 0.782. The van der Waals surface area contributed by atoms with Crippen molar-refractivity contribution in [3.63, 3.8) is 0 Å². The van der Waals surface area contributed by atoms with E-state index in [1.165, 1.54) is 11.3 Å². The Bertz CT molecular complexity index is 535. The van der Waals surface area contributed by atoms with Crippen LogP contribution in [0.1, 0.15) is 0 Å². The zero-order valence-electron chi connectivity index (χ0n) is 5.77. The van der Waals surface area contributed by atoms with Gasteiger partial charge in [0.05, 0.1) is 5.52 Å². The highest BCUT2D eigenvalue weighted by Crippen LogP contribution is 2.11. The van der Waals surface area contributed by atoms with E-state index in [0.29, 0.717) is 10.2 Å². The molecule has 0 aliphatic carbocycles. The van der Waals surface area contributed by atoms with Gasteiger partial charge in [-0.3, -0.25) is 4.79 Å². The molecular weight excluding hydrogens is 180 g/mol. The van der Waals surface area contributed by atoms with Crippen LogP contribution in [0.3, 0.4) is 0 Å². The fraction of sp³-hybridized carbons (Fsp3) is 0. The topological polar surface area (TPSA) is 75.1 Å². The van der Waals surface area contributed by atoms with Gasteiger partial charge in [-0.05, 0) is 11.4 Å². The van der Waals surface area contributed by atoms with Gasteiger partial charge in [-0.1, -0.05) is 4.73 Å². The molecule has 0 fully saturated rings. The van der Waals surface area contributed by atoms with Crippen molar-refractivity contribution in [3.05, 3.63) is 32.3 Å². The number of H-pyrrole nitrogens is 1. The smallest absolute Gasteiger partial charge is 0.362 e. The minimum absolute atomic E-state index is 0.0683. The highest BCUT2D eigenvalue weighted by atomic mass is 32.1. The Hall–Kier alpha value is -1.56. The van der Waals surface area contributed by atoms with Crippen LogP contribution in [0, 0.1) is 0 Å². The second kappa shape index (κ2) is 2.21. The molecule has 0 bridgehead atoms. The monoisotopic (exact) mass is 184 g/mol. The molecule has 0 unspecified atom stereocenters. The first-order valence-corrected chi connectivity index (χ1v) is 4.00. The van der Waals surface area contributed by atoms with Gasteiger partial charge in [-0.25, -0.2) is 4.79 Å². The van der Waals surface area contributed by atoms with Crippen LogP contribution >= 0.6 is 11.3 Å². The van der Waals surface area contributed by atoms with E-state index in [4.69, 9.17) is 5.21 Å². The lowest BCUT2D eigenvalue weighted by Crippen LogP contribution is -2.32. The summed E-state index contributed by atoms with van der Waals surface area (Å²) in [5.41, 5.74) is -1.03. The molecule has 0 aliphatic rings. The third-order valence-electron chi connectivity index (χ3n) is 1.49. The maximum Gasteiger partial charge on any atom is 0.362 e. The predicted octanol–water partition coefficient (Wildman–Crippen LogP) is -0.0114. The first-order chi connectivity index (χ1) is 5.70. The van der Waals surface area contributed by atoms with Crippen LogP contribution in [0.15, 0.2) is 21.0 Å². The normalized spacial score (nSPS) is 10.7. The van der Waals surface area contributed by atoms with E-state index in [0.717, 1.165) is 0 Å². The summed E-state index contributed by atoms with van der Waals surface area (Å²) in [6.07, 6.45) is 0. The number of nitrogens with zero attached hydrogens (tertiary/aromatic N) is 1. The lowest BCUT2D eigenvalue weighted by molar-refractivity contribution is 0.163. The standard InChI is InChI=1S/C6H4N2O3S/c9-5-4-3(1-2-12-4)7-6(10)8(5)11/h1-2,11H,(H,7,10). The Morgan fingerprint density at radius 2 is 2.25 bits per heavy atom. The van der Waals surface area contributed by atoms with Crippen LogP contribution in [-0.4, -0.2) is 14.9 Å². The Labute approximate surface area is 69.5 Å². The quantitative estimate of drug-likeness (QED) is 0.565. The van der Waals surface area contributed by atoms with Crippen LogP contribution in [-0.2, 0) is 0 Å². The van der Waals surface area contributed by atoms with Crippen molar-refractivity contribution in [1.29, 1.82) is 0 Å². The second-order valence-corrected chi connectivity index (χ2v) is 3.13. The van der Waals surface area contributed by atoms with Gasteiger partial charge in [-0.2, -0.15) is 0 Å². The minimum atomic E-state index is -0.814. The van der Waals surface area contributed by atoms with Gasteiger partial charge in [-0.15, -0.1) is 11.3 Å². The van der Waals surface area contributed by atoms with Crippen LogP contribution in [0.5, 0.6) is 0 Å². The molecule has 0 amide bonds. The summed E-state index contributed by atoms with van der Waals surface area (Å²) < 4.78 is 0.413. The Balaban J connectivity index is 3.16. The zero-order valence-corrected chi connectivity index (χ0v) is 6.59. The minimum Gasteiger partial charge on any atom is -0.421 e. The number of thiophene rings is 1. The highest BCUT2D eigenvalue weighted by molar-refractivity contribution is 7.17. The molecule has 2 aromatic heterocycles. The molecule has 0 spiro atoms. The van der Waals surface area contributed by atoms with Gasteiger partial charge in [0.2, 0.25) is 0 Å². The van der Waals surface area contributed by atoms with E-state index in [9.17, 15) is 9.59 Å². The van der Waals surface area contributed by atoms with E-state index in [2.05, 4.69) is 4.98 Å². The Morgan fingerprint density at radius 3 is 3.00 bits per heavy atom. The second-order valence-electron chi connectivity index (χ2n) is 2.21. The molecule has 2 aromatic rings. The van der Waals surface area contributed by atoms with Gasteiger partial charge in [0, 0.05) is 0 Å². The van der Waals surface area contributed by atoms with Crippen molar-refractivity contribution < 1.29 is 5.21 Å². The maximum absolute atomic E-state index is 11.1. The summed E-state index contributed by atoms with van der Waals surface area (Å²) in [6.45, 7) is 0. The molecule has 0 saturated carbocycles. The van der Waals surface area contributed by atoms with Crippen molar-refractivity contribution in [2.24, 2.45) is 0 Å². The summed E-state index contributed by atoms with van der Waals surface area (Å²) in [7, 11) is 0. The van der Waals surface area contributed by atoms with Crippen molar-refractivity contribution >= 4 is 21.6 Å². The number of hydrogen-bond acceptors (Lipinski definition) is 4. The Kier molecular flexibility index (Phi) is 1.31. The summed E-state index contributed by atoms with van der Waals surface area (Å²) in [5, 5.41) is 10.6. The van der Waals surface area contributed by atoms with Gasteiger partial charge in [0.15, 0.2) is 0 Å². The average molecular weight is 184 g/mol. The number of aromatic amines is 1. The molecule has 0 atom stereocenters. The van der Waals surface area contributed by atoms with E-state index in [1.54, 1.807) is 11.4 Å². The van der Waals surface area contributed by atoms with Gasteiger partial charge >= 0.3 is 11.2 Å². The molecule has 2 rings (SSSR count). The van der Waals surface area contributed by atoms with Gasteiger partial charge in [0.25, 0.3) is 0 Å². The molecule has 62 valence electrons. The van der Waals surface area contributed by atoms with Crippen molar-refractivity contribution in [2.75, 3.05) is 0 Å². The SMILES string of the molecule is O=c1[nH]c2ccsc2c(=O)n1O. The molecule has 2 heterocycles. The third-order valence-corrected chi connectivity index (χ3v) is 2.39. The van der Waals surface area contributed by atoms with E-state index in [1.807, 2.05) is 0 Å². The molecule has 2 N–H and O–H groups in total. The highest BCUT2D eigenvalue weighted by Gasteiger charge is 2.05. The van der Waals surface area contributed by atoms with Crippen LogP contribution in [0.25, 0.3) is 10.2 Å².